The molecule has 170 valence electrons. The van der Waals surface area contributed by atoms with Gasteiger partial charge in [-0.3, -0.25) is 9.69 Å². The number of carbonyl (C=O) groups excluding carboxylic acids is 1. The van der Waals surface area contributed by atoms with Crippen LogP contribution in [0.15, 0.2) is 35.7 Å². The van der Waals surface area contributed by atoms with E-state index in [0.717, 1.165) is 55.6 Å². The number of nitrogens with one attached hydrogen (secondary N) is 1. The van der Waals surface area contributed by atoms with Gasteiger partial charge in [-0.2, -0.15) is 0 Å². The number of piperazine rings is 1. The third kappa shape index (κ3) is 4.08. The lowest BCUT2D eigenvalue weighted by molar-refractivity contribution is -0.116. The third-order valence-corrected chi connectivity index (χ3v) is 9.24. The molecule has 1 N–H and O–H groups in total. The Balaban J connectivity index is 0.993. The lowest BCUT2D eigenvalue weighted by Gasteiger charge is -2.56. The SMILES string of the molecule is O=C(CCN1CCN(c2ccccc2)CC1)Nc1nc(C23CC4CC(CC(C4)C2)C3)cs1. The van der Waals surface area contributed by atoms with E-state index in [1.165, 1.54) is 49.9 Å². The summed E-state index contributed by atoms with van der Waals surface area (Å²) < 4.78 is 0. The molecule has 5 fully saturated rings. The molecule has 2 aromatic rings. The number of aromatic nitrogens is 1. The van der Waals surface area contributed by atoms with Crippen molar-refractivity contribution in [3.8, 4) is 0 Å². The molecule has 1 saturated heterocycles. The number of para-hydroxylation sites is 1. The minimum Gasteiger partial charge on any atom is -0.369 e. The molecule has 6 heteroatoms. The van der Waals surface area contributed by atoms with E-state index in [-0.39, 0.29) is 5.91 Å². The van der Waals surface area contributed by atoms with Gasteiger partial charge in [0.1, 0.15) is 0 Å². The summed E-state index contributed by atoms with van der Waals surface area (Å²) in [6.45, 7) is 4.88. The summed E-state index contributed by atoms with van der Waals surface area (Å²) in [5.74, 6) is 2.86. The summed E-state index contributed by atoms with van der Waals surface area (Å²) >= 11 is 1.62. The zero-order valence-electron chi connectivity index (χ0n) is 18.8. The molecule has 4 saturated carbocycles. The molecule has 0 unspecified atom stereocenters. The number of hydrogen-bond acceptors (Lipinski definition) is 5. The van der Waals surface area contributed by atoms with Crippen LogP contribution in [-0.4, -0.2) is 48.5 Å². The number of rotatable bonds is 6. The molecular formula is C26H34N4OS. The largest absolute Gasteiger partial charge is 0.369 e. The topological polar surface area (TPSA) is 48.5 Å². The van der Waals surface area contributed by atoms with Crippen LogP contribution in [0.2, 0.25) is 0 Å². The highest BCUT2D eigenvalue weighted by Crippen LogP contribution is 2.60. The van der Waals surface area contributed by atoms with Crippen LogP contribution in [0.1, 0.15) is 50.6 Å². The molecule has 0 radical (unpaired) electrons. The standard InChI is InChI=1S/C26H34N4OS/c31-24(6-7-29-8-10-30(11-9-29)22-4-2-1-3-5-22)28-25-27-23(18-32-25)26-15-19-12-20(16-26)14-21(13-19)17-26/h1-5,18-21H,6-17H2,(H,27,28,31). The Morgan fingerprint density at radius 2 is 1.66 bits per heavy atom. The molecule has 7 rings (SSSR count). The quantitative estimate of drug-likeness (QED) is 0.689. The molecule has 4 bridgehead atoms. The average molecular weight is 451 g/mol. The lowest BCUT2D eigenvalue weighted by atomic mass is 9.49. The van der Waals surface area contributed by atoms with Crippen molar-refractivity contribution in [2.75, 3.05) is 42.9 Å². The van der Waals surface area contributed by atoms with Gasteiger partial charge in [0.15, 0.2) is 5.13 Å². The lowest BCUT2D eigenvalue weighted by Crippen LogP contribution is -2.48. The number of hydrogen-bond donors (Lipinski definition) is 1. The molecular weight excluding hydrogens is 416 g/mol. The summed E-state index contributed by atoms with van der Waals surface area (Å²) in [7, 11) is 0. The predicted octanol–water partition coefficient (Wildman–Crippen LogP) is 4.76. The summed E-state index contributed by atoms with van der Waals surface area (Å²) in [5.41, 5.74) is 2.88. The van der Waals surface area contributed by atoms with Crippen LogP contribution < -0.4 is 10.2 Å². The van der Waals surface area contributed by atoms with E-state index in [4.69, 9.17) is 4.98 Å². The second kappa shape index (κ2) is 8.45. The normalized spacial score (nSPS) is 31.8. The monoisotopic (exact) mass is 450 g/mol. The molecule has 1 amide bonds. The summed E-state index contributed by atoms with van der Waals surface area (Å²) in [5, 5.41) is 6.14. The Labute approximate surface area is 195 Å². The van der Waals surface area contributed by atoms with E-state index >= 15 is 0 Å². The molecule has 2 heterocycles. The Kier molecular flexibility index (Phi) is 5.46. The number of thiazole rings is 1. The maximum Gasteiger partial charge on any atom is 0.227 e. The molecule has 1 aliphatic heterocycles. The molecule has 0 atom stereocenters. The fourth-order valence-electron chi connectivity index (χ4n) is 7.31. The van der Waals surface area contributed by atoms with Crippen molar-refractivity contribution >= 4 is 28.1 Å². The maximum atomic E-state index is 12.6. The highest BCUT2D eigenvalue weighted by Gasteiger charge is 2.52. The van der Waals surface area contributed by atoms with E-state index in [2.05, 4.69) is 50.8 Å². The van der Waals surface area contributed by atoms with Crippen molar-refractivity contribution in [3.05, 3.63) is 41.4 Å². The average Bonchev–Trinajstić information content (AvgIpc) is 3.27. The highest BCUT2D eigenvalue weighted by atomic mass is 32.1. The van der Waals surface area contributed by atoms with Crippen molar-refractivity contribution in [2.45, 2.75) is 50.4 Å². The number of benzene rings is 1. The number of carbonyl (C=O) groups is 1. The van der Waals surface area contributed by atoms with E-state index in [1.807, 2.05) is 0 Å². The summed E-state index contributed by atoms with van der Waals surface area (Å²) in [6.07, 6.45) is 8.87. The van der Waals surface area contributed by atoms with Crippen LogP contribution >= 0.6 is 11.3 Å². The maximum absolute atomic E-state index is 12.6. The van der Waals surface area contributed by atoms with E-state index in [9.17, 15) is 4.79 Å². The fourth-order valence-corrected chi connectivity index (χ4v) is 8.16. The molecule has 32 heavy (non-hydrogen) atoms. The molecule has 1 aromatic heterocycles. The van der Waals surface area contributed by atoms with Gasteiger partial charge in [0.05, 0.1) is 5.69 Å². The predicted molar refractivity (Wildman–Crippen MR) is 130 cm³/mol. The first kappa shape index (κ1) is 20.7. The van der Waals surface area contributed by atoms with E-state index in [1.54, 1.807) is 11.3 Å². The van der Waals surface area contributed by atoms with Crippen molar-refractivity contribution in [3.63, 3.8) is 0 Å². The van der Waals surface area contributed by atoms with Crippen molar-refractivity contribution in [1.29, 1.82) is 0 Å². The van der Waals surface area contributed by atoms with Gasteiger partial charge in [-0.1, -0.05) is 18.2 Å². The van der Waals surface area contributed by atoms with E-state index in [0.29, 0.717) is 11.8 Å². The van der Waals surface area contributed by atoms with Gasteiger partial charge in [-0.15, -0.1) is 11.3 Å². The van der Waals surface area contributed by atoms with Crippen LogP contribution in [0.3, 0.4) is 0 Å². The molecule has 5 aliphatic rings. The van der Waals surface area contributed by atoms with Crippen LogP contribution in [0, 0.1) is 17.8 Å². The first-order chi connectivity index (χ1) is 15.6. The summed E-state index contributed by atoms with van der Waals surface area (Å²) in [6, 6.07) is 10.6. The van der Waals surface area contributed by atoms with Gasteiger partial charge >= 0.3 is 0 Å². The number of anilines is 2. The highest BCUT2D eigenvalue weighted by molar-refractivity contribution is 7.13. The zero-order chi connectivity index (χ0) is 21.5. The Morgan fingerprint density at radius 1 is 1.00 bits per heavy atom. The second-order valence-corrected chi connectivity index (χ2v) is 11.6. The van der Waals surface area contributed by atoms with Crippen molar-refractivity contribution in [2.24, 2.45) is 17.8 Å². The number of amides is 1. The first-order valence-electron chi connectivity index (χ1n) is 12.4. The van der Waals surface area contributed by atoms with Crippen molar-refractivity contribution in [1.82, 2.24) is 9.88 Å². The van der Waals surface area contributed by atoms with Crippen molar-refractivity contribution < 1.29 is 4.79 Å². The molecule has 4 aliphatic carbocycles. The Bertz CT molecular complexity index is 914. The van der Waals surface area contributed by atoms with Gasteiger partial charge in [0.25, 0.3) is 0 Å². The molecule has 5 nitrogen and oxygen atoms in total. The summed E-state index contributed by atoms with van der Waals surface area (Å²) in [4.78, 5) is 22.4. The Morgan fingerprint density at radius 3 is 2.31 bits per heavy atom. The van der Waals surface area contributed by atoms with Gasteiger partial charge in [-0.05, 0) is 68.4 Å². The number of nitrogens with zero attached hydrogens (tertiary/aromatic N) is 3. The van der Waals surface area contributed by atoms with Crippen LogP contribution in [0.4, 0.5) is 10.8 Å². The smallest absolute Gasteiger partial charge is 0.227 e. The molecule has 1 aromatic carbocycles. The van der Waals surface area contributed by atoms with Gasteiger partial charge in [0, 0.05) is 55.6 Å². The van der Waals surface area contributed by atoms with Crippen LogP contribution in [0.25, 0.3) is 0 Å². The van der Waals surface area contributed by atoms with E-state index < -0.39 is 0 Å². The second-order valence-electron chi connectivity index (χ2n) is 10.7. The fraction of sp³-hybridized carbons (Fsp3) is 0.615. The van der Waals surface area contributed by atoms with Gasteiger partial charge < -0.3 is 10.2 Å². The minimum absolute atomic E-state index is 0.0990. The molecule has 0 spiro atoms. The zero-order valence-corrected chi connectivity index (χ0v) is 19.7. The van der Waals surface area contributed by atoms with Crippen LogP contribution in [-0.2, 0) is 10.2 Å². The first-order valence-corrected chi connectivity index (χ1v) is 13.3. The van der Waals surface area contributed by atoms with Crippen LogP contribution in [0.5, 0.6) is 0 Å². The van der Waals surface area contributed by atoms with Gasteiger partial charge in [-0.25, -0.2) is 4.98 Å². The van der Waals surface area contributed by atoms with Gasteiger partial charge in [0.2, 0.25) is 5.91 Å². The minimum atomic E-state index is 0.0990. The third-order valence-electron chi connectivity index (χ3n) is 8.48. The Hall–Kier alpha value is -1.92.